The summed E-state index contributed by atoms with van der Waals surface area (Å²) in [6.07, 6.45) is 5.35. The van der Waals surface area contributed by atoms with Crippen LogP contribution in [0.3, 0.4) is 0 Å². The number of carbonyl (C=O) groups is 1. The van der Waals surface area contributed by atoms with E-state index in [4.69, 9.17) is 4.74 Å². The first-order valence-electron chi connectivity index (χ1n) is 7.53. The van der Waals surface area contributed by atoms with Crippen molar-refractivity contribution in [1.82, 2.24) is 4.90 Å². The highest BCUT2D eigenvalue weighted by molar-refractivity contribution is 8.00. The Kier molecular flexibility index (Phi) is 5.18. The van der Waals surface area contributed by atoms with E-state index < -0.39 is 0 Å². The minimum atomic E-state index is -0.153. The van der Waals surface area contributed by atoms with Gasteiger partial charge in [0.25, 0.3) is 5.91 Å². The Bertz CT molecular complexity index is 308. The van der Waals surface area contributed by atoms with Gasteiger partial charge in [-0.2, -0.15) is 11.8 Å². The first kappa shape index (κ1) is 15.2. The van der Waals surface area contributed by atoms with Gasteiger partial charge in [-0.05, 0) is 32.1 Å². The quantitative estimate of drug-likeness (QED) is 0.798. The number of thioether (sulfide) groups is 1. The molecule has 19 heavy (non-hydrogen) atoms. The van der Waals surface area contributed by atoms with Crippen LogP contribution in [0.2, 0.25) is 0 Å². The standard InChI is InChI=1S/C15H27NO2S/c1-15(2,3)19-11-12-7-4-5-9-16(12)14(17)13-8-6-10-18-13/h12-13H,4-11H2,1-3H3/t12-,13+/m0/s1. The first-order chi connectivity index (χ1) is 8.97. The summed E-state index contributed by atoms with van der Waals surface area (Å²) in [4.78, 5) is 14.6. The Balaban J connectivity index is 1.93. The average Bonchev–Trinajstić information content (AvgIpc) is 2.89. The first-order valence-corrected chi connectivity index (χ1v) is 8.52. The van der Waals surface area contributed by atoms with Gasteiger partial charge in [0.05, 0.1) is 0 Å². The molecule has 0 aromatic heterocycles. The second-order valence-corrected chi connectivity index (χ2v) is 8.45. The van der Waals surface area contributed by atoms with Gasteiger partial charge in [0.2, 0.25) is 0 Å². The summed E-state index contributed by atoms with van der Waals surface area (Å²) in [5, 5.41) is 0. The maximum Gasteiger partial charge on any atom is 0.251 e. The molecule has 0 aromatic carbocycles. The molecule has 0 N–H and O–H groups in total. The molecule has 110 valence electrons. The lowest BCUT2D eigenvalue weighted by Gasteiger charge is -2.38. The summed E-state index contributed by atoms with van der Waals surface area (Å²) in [6, 6.07) is 0.412. The minimum absolute atomic E-state index is 0.153. The van der Waals surface area contributed by atoms with E-state index in [1.807, 2.05) is 11.8 Å². The van der Waals surface area contributed by atoms with Crippen molar-refractivity contribution in [3.63, 3.8) is 0 Å². The summed E-state index contributed by atoms with van der Waals surface area (Å²) >= 11 is 1.97. The lowest BCUT2D eigenvalue weighted by Crippen LogP contribution is -2.49. The van der Waals surface area contributed by atoms with Crippen LogP contribution in [0.5, 0.6) is 0 Å². The number of piperidine rings is 1. The molecule has 2 fully saturated rings. The number of nitrogens with zero attached hydrogens (tertiary/aromatic N) is 1. The average molecular weight is 285 g/mol. The van der Waals surface area contributed by atoms with Gasteiger partial charge in [0, 0.05) is 29.7 Å². The number of amides is 1. The molecule has 1 amide bonds. The summed E-state index contributed by atoms with van der Waals surface area (Å²) in [5.41, 5.74) is 0. The largest absolute Gasteiger partial charge is 0.368 e. The van der Waals surface area contributed by atoms with Gasteiger partial charge in [-0.1, -0.05) is 20.8 Å². The van der Waals surface area contributed by atoms with Crippen molar-refractivity contribution in [2.45, 2.75) is 69.8 Å². The van der Waals surface area contributed by atoms with Crippen LogP contribution in [-0.4, -0.2) is 46.6 Å². The molecule has 3 nitrogen and oxygen atoms in total. The van der Waals surface area contributed by atoms with E-state index in [-0.39, 0.29) is 16.8 Å². The zero-order valence-electron chi connectivity index (χ0n) is 12.5. The highest BCUT2D eigenvalue weighted by Gasteiger charge is 2.34. The molecule has 2 aliphatic heterocycles. The molecule has 0 aliphatic carbocycles. The van der Waals surface area contributed by atoms with Crippen molar-refractivity contribution in [1.29, 1.82) is 0 Å². The zero-order chi connectivity index (χ0) is 13.9. The maximum atomic E-state index is 12.5. The third-order valence-corrected chi connectivity index (χ3v) is 5.24. The molecule has 0 spiro atoms. The van der Waals surface area contributed by atoms with E-state index in [0.717, 1.165) is 44.6 Å². The number of ether oxygens (including phenoxy) is 1. The monoisotopic (exact) mass is 285 g/mol. The van der Waals surface area contributed by atoms with Gasteiger partial charge >= 0.3 is 0 Å². The fourth-order valence-electron chi connectivity index (χ4n) is 2.77. The van der Waals surface area contributed by atoms with Crippen LogP contribution in [0.4, 0.5) is 0 Å². The Morgan fingerprint density at radius 2 is 2.05 bits per heavy atom. The van der Waals surface area contributed by atoms with Crippen molar-refractivity contribution in [3.05, 3.63) is 0 Å². The molecule has 0 unspecified atom stereocenters. The SMILES string of the molecule is CC(C)(C)SC[C@@H]1CCCCN1C(=O)[C@H]1CCCO1. The van der Waals surface area contributed by atoms with Crippen molar-refractivity contribution < 1.29 is 9.53 Å². The molecule has 2 rings (SSSR count). The van der Waals surface area contributed by atoms with E-state index in [1.54, 1.807) is 0 Å². The molecule has 4 heteroatoms. The van der Waals surface area contributed by atoms with E-state index in [2.05, 4.69) is 25.7 Å². The van der Waals surface area contributed by atoms with Crippen molar-refractivity contribution in [3.8, 4) is 0 Å². The number of hydrogen-bond donors (Lipinski definition) is 0. The Hall–Kier alpha value is -0.220. The third-order valence-electron chi connectivity index (χ3n) is 3.82. The molecule has 0 saturated carbocycles. The van der Waals surface area contributed by atoms with E-state index in [0.29, 0.717) is 6.04 Å². The van der Waals surface area contributed by atoms with Gasteiger partial charge in [-0.3, -0.25) is 4.79 Å². The van der Waals surface area contributed by atoms with Crippen molar-refractivity contribution in [2.24, 2.45) is 0 Å². The highest BCUT2D eigenvalue weighted by Crippen LogP contribution is 2.29. The summed E-state index contributed by atoms with van der Waals surface area (Å²) in [5.74, 6) is 1.30. The smallest absolute Gasteiger partial charge is 0.251 e. The lowest BCUT2D eigenvalue weighted by molar-refractivity contribution is -0.144. The number of likely N-dealkylation sites (tertiary alicyclic amines) is 1. The highest BCUT2D eigenvalue weighted by atomic mass is 32.2. The summed E-state index contributed by atoms with van der Waals surface area (Å²) < 4.78 is 5.84. The van der Waals surface area contributed by atoms with Gasteiger partial charge in [0.15, 0.2) is 0 Å². The van der Waals surface area contributed by atoms with Crippen LogP contribution in [0, 0.1) is 0 Å². The van der Waals surface area contributed by atoms with Gasteiger partial charge in [0.1, 0.15) is 6.10 Å². The van der Waals surface area contributed by atoms with Gasteiger partial charge < -0.3 is 9.64 Å². The third kappa shape index (κ3) is 4.38. The minimum Gasteiger partial charge on any atom is -0.368 e. The predicted octanol–water partition coefficient (Wildman–Crippen LogP) is 3.08. The van der Waals surface area contributed by atoms with Crippen LogP contribution in [0.15, 0.2) is 0 Å². The van der Waals surface area contributed by atoms with Crippen LogP contribution in [0.1, 0.15) is 52.9 Å². The summed E-state index contributed by atoms with van der Waals surface area (Å²) in [7, 11) is 0. The maximum absolute atomic E-state index is 12.5. The molecule has 2 aliphatic rings. The van der Waals surface area contributed by atoms with Crippen molar-refractivity contribution >= 4 is 17.7 Å². The zero-order valence-corrected chi connectivity index (χ0v) is 13.3. The molecular formula is C15H27NO2S. The molecular weight excluding hydrogens is 258 g/mol. The number of carbonyl (C=O) groups excluding carboxylic acids is 1. The van der Waals surface area contributed by atoms with Crippen molar-refractivity contribution in [2.75, 3.05) is 18.9 Å². The molecule has 0 radical (unpaired) electrons. The summed E-state index contributed by atoms with van der Waals surface area (Å²) in [6.45, 7) is 8.41. The van der Waals surface area contributed by atoms with Gasteiger partial charge in [-0.15, -0.1) is 0 Å². The number of hydrogen-bond acceptors (Lipinski definition) is 3. The Morgan fingerprint density at radius 1 is 1.26 bits per heavy atom. The molecule has 2 heterocycles. The Labute approximate surface area is 121 Å². The van der Waals surface area contributed by atoms with Crippen LogP contribution in [-0.2, 0) is 9.53 Å². The van der Waals surface area contributed by atoms with E-state index in [1.165, 1.54) is 6.42 Å². The van der Waals surface area contributed by atoms with Gasteiger partial charge in [-0.25, -0.2) is 0 Å². The predicted molar refractivity (Wildman–Crippen MR) is 80.5 cm³/mol. The second kappa shape index (κ2) is 6.49. The van der Waals surface area contributed by atoms with Crippen LogP contribution < -0.4 is 0 Å². The molecule has 0 aromatic rings. The lowest BCUT2D eigenvalue weighted by atomic mass is 10.0. The van der Waals surface area contributed by atoms with E-state index >= 15 is 0 Å². The molecule has 2 atom stereocenters. The fourth-order valence-corrected chi connectivity index (χ4v) is 3.81. The fraction of sp³-hybridized carbons (Fsp3) is 0.933. The molecule has 0 bridgehead atoms. The normalized spacial score (nSPS) is 28.7. The topological polar surface area (TPSA) is 29.5 Å². The van der Waals surface area contributed by atoms with Crippen LogP contribution in [0.25, 0.3) is 0 Å². The van der Waals surface area contributed by atoms with Crippen LogP contribution >= 0.6 is 11.8 Å². The number of rotatable bonds is 3. The Morgan fingerprint density at radius 3 is 2.68 bits per heavy atom. The second-order valence-electron chi connectivity index (χ2n) is 6.61. The van der Waals surface area contributed by atoms with E-state index in [9.17, 15) is 4.79 Å². The molecule has 2 saturated heterocycles.